The van der Waals surface area contributed by atoms with Gasteiger partial charge >= 0.3 is 12.0 Å². The Bertz CT molecular complexity index is 2640. The van der Waals surface area contributed by atoms with E-state index in [0.717, 1.165) is 31.5 Å². The summed E-state index contributed by atoms with van der Waals surface area (Å²) in [7, 11) is 3.12. The molecule has 3 N–H and O–H groups in total. The van der Waals surface area contributed by atoms with Crippen LogP contribution in [-0.4, -0.2) is 141 Å². The lowest BCUT2D eigenvalue weighted by Gasteiger charge is -2.42. The number of benzene rings is 2. The Kier molecular flexibility index (Phi) is 17.0. The number of hydrogen-bond acceptors (Lipinski definition) is 15. The van der Waals surface area contributed by atoms with Crippen molar-refractivity contribution < 1.29 is 55.0 Å². The molecule has 2 atom stereocenters. The van der Waals surface area contributed by atoms with Gasteiger partial charge < -0.3 is 34.7 Å². The van der Waals surface area contributed by atoms with Gasteiger partial charge in [-0.1, -0.05) is 33.7 Å². The number of amides is 7. The summed E-state index contributed by atoms with van der Waals surface area (Å²) >= 11 is 0. The number of nitrogens with zero attached hydrogens (tertiary/aromatic N) is 6. The molecule has 1 aliphatic carbocycles. The van der Waals surface area contributed by atoms with Crippen LogP contribution in [0.25, 0.3) is 0 Å². The van der Waals surface area contributed by atoms with Gasteiger partial charge in [-0.15, -0.1) is 5.06 Å². The van der Waals surface area contributed by atoms with Gasteiger partial charge in [-0.3, -0.25) is 33.9 Å². The normalized spacial score (nSPS) is 20.9. The van der Waals surface area contributed by atoms with Crippen LogP contribution in [0, 0.1) is 11.7 Å². The van der Waals surface area contributed by atoms with Crippen molar-refractivity contribution in [1.29, 1.82) is 0 Å². The van der Waals surface area contributed by atoms with E-state index in [4.69, 9.17) is 17.1 Å². The number of carbonyl (C=O) groups is 7. The van der Waals surface area contributed by atoms with E-state index in [9.17, 15) is 33.6 Å². The van der Waals surface area contributed by atoms with Crippen LogP contribution < -0.4 is 25.5 Å². The summed E-state index contributed by atoms with van der Waals surface area (Å²) in [5, 5.41) is 10.4. The van der Waals surface area contributed by atoms with E-state index in [-0.39, 0.29) is 74.0 Å². The highest BCUT2D eigenvalue weighted by Gasteiger charge is 2.44. The Labute approximate surface area is 434 Å². The average Bonchev–Trinajstić information content (AvgIpc) is 3.90. The van der Waals surface area contributed by atoms with Gasteiger partial charge in [0.25, 0.3) is 11.8 Å². The summed E-state index contributed by atoms with van der Waals surface area (Å²) in [6, 6.07) is 12.9. The smallest absolute Gasteiger partial charge is 0.333 e. The lowest BCUT2D eigenvalue weighted by molar-refractivity contribution is -0.197. The maximum absolute atomic E-state index is 15.1. The highest BCUT2D eigenvalue weighted by molar-refractivity contribution is 8.77. The predicted octanol–water partition coefficient (Wildman–Crippen LogP) is 5.79. The second kappa shape index (κ2) is 24.6. The molecule has 0 bridgehead atoms. The Morgan fingerprint density at radius 1 is 0.959 bits per heavy atom. The summed E-state index contributed by atoms with van der Waals surface area (Å²) in [6.45, 7) is 8.31. The number of likely N-dealkylation sites (tertiary alicyclic amines) is 1. The van der Waals surface area contributed by atoms with Gasteiger partial charge in [-0.2, -0.15) is 5.10 Å². The second-order valence-electron chi connectivity index (χ2n) is 18.9. The molecule has 7 amide bonds. The molecule has 0 radical (unpaired) electrons. The zero-order valence-electron chi connectivity index (χ0n) is 42.9. The van der Waals surface area contributed by atoms with E-state index >= 15 is 4.39 Å². The molecule has 22 heteroatoms. The minimum Gasteiger partial charge on any atom is -0.493 e. The number of ether oxygens (including phenoxy) is 2. The number of nitrogens with one attached hydrogen (secondary N) is 3. The molecule has 73 heavy (non-hydrogen) atoms. The minimum atomic E-state index is -1.74. The highest BCUT2D eigenvalue weighted by Crippen LogP contribution is 2.47. The zero-order valence-corrected chi connectivity index (χ0v) is 42.5. The number of hydrogen-bond donors (Lipinski definition) is 3. The first-order valence-corrected chi connectivity index (χ1v) is 26.9. The third kappa shape index (κ3) is 14.7. The van der Waals surface area contributed by atoms with Crippen molar-refractivity contribution in [1.82, 2.24) is 35.5 Å². The van der Waals surface area contributed by atoms with Crippen LogP contribution in [0.1, 0.15) is 103 Å². The molecule has 2 aromatic carbocycles. The molecule has 3 saturated heterocycles. The first-order chi connectivity index (χ1) is 36.0. The number of piperidine rings is 1. The van der Waals surface area contributed by atoms with Gasteiger partial charge in [0.05, 0.1) is 25.3 Å². The van der Waals surface area contributed by atoms with E-state index in [1.165, 1.54) is 18.2 Å². The van der Waals surface area contributed by atoms with Crippen LogP contribution in [-0.2, 0) is 40.1 Å². The molecule has 3 aromatic rings. The maximum atomic E-state index is 15.1. The van der Waals surface area contributed by atoms with Gasteiger partial charge in [0.1, 0.15) is 17.3 Å². The largest absolute Gasteiger partial charge is 0.493 e. The molecular formula is C51H62FN9O10S2. The average molecular weight is 1050 g/mol. The molecule has 1 aromatic heterocycles. The number of urea groups is 1. The fourth-order valence-electron chi connectivity index (χ4n) is 9.00. The molecule has 8 rings (SSSR count). The number of pyridine rings is 1. The molecule has 1 saturated carbocycles. The fraction of sp³-hybridized carbons (Fsp3) is 0.510. The monoisotopic (exact) mass is 1050 g/mol. The van der Waals surface area contributed by atoms with Gasteiger partial charge in [-0.05, 0) is 81.3 Å². The Morgan fingerprint density at radius 3 is 2.48 bits per heavy atom. The van der Waals surface area contributed by atoms with Crippen LogP contribution in [0.15, 0.2) is 66.0 Å². The summed E-state index contributed by atoms with van der Waals surface area (Å²) in [5.41, 5.74) is 5.18. The molecule has 4 fully saturated rings. The number of hydroxylamine groups is 2. The SMILES string of the molecule is [2H]C1([2H])[C@H](C(=O)Nc2ccc(CNC(=O)N3CCC(N4CCN(C(=O)CCSSC(C)(C)CC(=O)N/N=C5\CCOc6cc(OCCCC(=O)ON7C(=O)CCC7=O)ccc65)CC4)CC3)c(F)c2)[C@H]1c1cccnc1. The van der Waals surface area contributed by atoms with E-state index in [0.29, 0.717) is 85.6 Å². The van der Waals surface area contributed by atoms with E-state index in [2.05, 4.69) is 31.0 Å². The molecule has 0 unspecified atom stereocenters. The molecule has 0 spiro atoms. The van der Waals surface area contributed by atoms with Gasteiger partial charge in [0.15, 0.2) is 0 Å². The number of rotatable bonds is 20. The van der Waals surface area contributed by atoms with Crippen molar-refractivity contribution in [2.75, 3.05) is 63.6 Å². The quantitative estimate of drug-likeness (QED) is 0.0528. The van der Waals surface area contributed by atoms with Crippen LogP contribution in [0.5, 0.6) is 11.5 Å². The number of aromatic nitrogens is 1. The number of halogens is 1. The first-order valence-electron chi connectivity index (χ1n) is 25.6. The van der Waals surface area contributed by atoms with E-state index in [1.807, 2.05) is 18.7 Å². The third-order valence-corrected chi connectivity index (χ3v) is 16.3. The van der Waals surface area contributed by atoms with Gasteiger partial charge in [-0.25, -0.2) is 19.4 Å². The van der Waals surface area contributed by atoms with Crippen LogP contribution in [0.3, 0.4) is 0 Å². The van der Waals surface area contributed by atoms with E-state index < -0.39 is 52.5 Å². The summed E-state index contributed by atoms with van der Waals surface area (Å²) in [4.78, 5) is 103. The lowest BCUT2D eigenvalue weighted by atomic mass is 10.0. The lowest BCUT2D eigenvalue weighted by Crippen LogP contribution is -2.55. The fourth-order valence-corrected chi connectivity index (χ4v) is 11.5. The summed E-state index contributed by atoms with van der Waals surface area (Å²) < 4.78 is 42.8. The third-order valence-electron chi connectivity index (χ3n) is 13.0. The number of carbonyl (C=O) groups excluding carboxylic acids is 7. The van der Waals surface area contributed by atoms with Crippen LogP contribution in [0.4, 0.5) is 14.9 Å². The van der Waals surface area contributed by atoms with Crippen molar-refractivity contribution in [3.05, 3.63) is 83.4 Å². The minimum absolute atomic E-state index is 0.0291. The summed E-state index contributed by atoms with van der Waals surface area (Å²) in [6.07, 6.45) is 4.35. The topological polar surface area (TPSA) is 221 Å². The maximum Gasteiger partial charge on any atom is 0.333 e. The van der Waals surface area contributed by atoms with Crippen LogP contribution in [0.2, 0.25) is 0 Å². The Morgan fingerprint density at radius 2 is 1.74 bits per heavy atom. The standard InChI is InChI=1S/C51H62FN9O10S2/c1-51(2,30-44(62)57-56-42-15-25-70-43-28-37(9-10-38(42)43)69-24-4-6-48(66)71-61-46(64)11-12-47(61)65)73-72-26-16-45(63)59-22-20-58(21-23-59)36-13-18-60(19-14-36)50(68)54-32-34-7-8-35(27-41(34)52)55-49(67)40-29-39(40)33-5-3-17-53-31-33/h3,5,7-10,17,27-28,31,36,39-40H,4,6,11-16,18-26,29-30,32H2,1-2H3,(H,54,68)(H,55,67)(H,57,62)/b56-42+/t39-,40+/m1/s1/i29D2. The number of imide groups is 1. The molecule has 19 nitrogen and oxygen atoms in total. The van der Waals surface area contributed by atoms with Crippen molar-refractivity contribution in [2.45, 2.75) is 101 Å². The summed E-state index contributed by atoms with van der Waals surface area (Å²) in [5.74, 6) is -2.92. The zero-order chi connectivity index (χ0) is 53.3. The Hall–Kier alpha value is -6.26. The van der Waals surface area contributed by atoms with Crippen molar-refractivity contribution in [2.24, 2.45) is 11.0 Å². The molecule has 5 aliphatic rings. The van der Waals surface area contributed by atoms with Crippen molar-refractivity contribution >= 4 is 74.5 Å². The first kappa shape index (κ1) is 50.3. The van der Waals surface area contributed by atoms with Gasteiger partial charge in [0, 0.05) is 138 Å². The number of anilines is 1. The molecule has 4 aliphatic heterocycles. The molecule has 5 heterocycles. The van der Waals surface area contributed by atoms with Gasteiger partial charge in [0.2, 0.25) is 17.7 Å². The highest BCUT2D eigenvalue weighted by atomic mass is 33.1. The number of hydrazone groups is 1. The van der Waals surface area contributed by atoms with Crippen LogP contribution >= 0.6 is 21.6 Å². The van der Waals surface area contributed by atoms with E-state index in [1.54, 1.807) is 69.2 Å². The Balaban J connectivity index is 0.670. The molecular weight excluding hydrogens is 982 g/mol. The van der Waals surface area contributed by atoms with Crippen molar-refractivity contribution in [3.63, 3.8) is 0 Å². The number of fused-ring (bicyclic) bond motifs is 1. The second-order valence-corrected chi connectivity index (χ2v) is 22.1. The number of piperazine rings is 1. The predicted molar refractivity (Wildman–Crippen MR) is 272 cm³/mol. The van der Waals surface area contributed by atoms with Crippen molar-refractivity contribution in [3.8, 4) is 11.5 Å². The molecule has 390 valence electrons.